The average Bonchev–Trinajstić information content (AvgIpc) is 2.93. The molecule has 216 valence electrons. The van der Waals surface area contributed by atoms with Gasteiger partial charge in [-0.25, -0.2) is 4.39 Å². The summed E-state index contributed by atoms with van der Waals surface area (Å²) in [6.45, 7) is 2.25. The Kier molecular flexibility index (Phi) is 10.3. The molecule has 1 aromatic heterocycles. The van der Waals surface area contributed by atoms with Gasteiger partial charge in [0.05, 0.1) is 18.2 Å². The smallest absolute Gasteiger partial charge is 0.416 e. The van der Waals surface area contributed by atoms with E-state index < -0.39 is 23.9 Å². The summed E-state index contributed by atoms with van der Waals surface area (Å²) in [5, 5.41) is 10.2. The number of nitrogens with zero attached hydrogens (tertiary/aromatic N) is 2. The van der Waals surface area contributed by atoms with Crippen molar-refractivity contribution in [1.29, 1.82) is 0 Å². The molecule has 1 aliphatic heterocycles. The molecule has 3 atom stereocenters. The van der Waals surface area contributed by atoms with Crippen molar-refractivity contribution in [2.75, 3.05) is 32.5 Å². The number of carboxylic acids is 1. The second kappa shape index (κ2) is 13.7. The molecule has 5 nitrogen and oxygen atoms in total. The maximum absolute atomic E-state index is 15.5. The first-order valence-electron chi connectivity index (χ1n) is 13.4. The van der Waals surface area contributed by atoms with E-state index in [1.165, 1.54) is 23.9 Å². The third kappa shape index (κ3) is 8.10. The van der Waals surface area contributed by atoms with Crippen molar-refractivity contribution in [2.24, 2.45) is 11.8 Å². The summed E-state index contributed by atoms with van der Waals surface area (Å²) >= 11 is 1.51. The van der Waals surface area contributed by atoms with Crippen LogP contribution in [-0.2, 0) is 11.0 Å². The number of aliphatic carboxylic acids is 1. The van der Waals surface area contributed by atoms with Crippen molar-refractivity contribution < 1.29 is 32.2 Å². The molecule has 0 radical (unpaired) electrons. The molecule has 40 heavy (non-hydrogen) atoms. The number of hydrogen-bond acceptors (Lipinski definition) is 5. The van der Waals surface area contributed by atoms with E-state index >= 15 is 4.39 Å². The van der Waals surface area contributed by atoms with Crippen LogP contribution in [0.3, 0.4) is 0 Å². The van der Waals surface area contributed by atoms with Crippen molar-refractivity contribution in [2.45, 2.75) is 49.3 Å². The number of ether oxygens (including phenoxy) is 1. The van der Waals surface area contributed by atoms with E-state index in [2.05, 4.69) is 9.88 Å². The summed E-state index contributed by atoms with van der Waals surface area (Å²) in [6, 6.07) is 12.3. The van der Waals surface area contributed by atoms with Gasteiger partial charge in [0, 0.05) is 29.4 Å². The van der Waals surface area contributed by atoms with E-state index in [0.29, 0.717) is 36.2 Å². The Morgan fingerprint density at radius 3 is 2.65 bits per heavy atom. The molecular weight excluding hydrogens is 544 g/mol. The minimum atomic E-state index is -4.34. The largest absolute Gasteiger partial charge is 0.497 e. The number of halogens is 4. The van der Waals surface area contributed by atoms with Crippen molar-refractivity contribution in [3.8, 4) is 5.75 Å². The van der Waals surface area contributed by atoms with Crippen molar-refractivity contribution in [3.05, 3.63) is 65.9 Å². The first-order valence-corrected chi connectivity index (χ1v) is 14.4. The Morgan fingerprint density at radius 2 is 1.95 bits per heavy atom. The van der Waals surface area contributed by atoms with Crippen LogP contribution in [0, 0.1) is 11.8 Å². The zero-order valence-corrected chi connectivity index (χ0v) is 23.2. The fourth-order valence-electron chi connectivity index (χ4n) is 5.48. The quantitative estimate of drug-likeness (QED) is 0.135. The molecule has 2 heterocycles. The number of aromatic nitrogens is 1. The highest BCUT2D eigenvalue weighted by Crippen LogP contribution is 2.36. The van der Waals surface area contributed by atoms with E-state index in [4.69, 9.17) is 4.74 Å². The number of fused-ring (bicyclic) bond motifs is 1. The fraction of sp³-hybridized carbons (Fsp3) is 0.467. The molecule has 0 amide bonds. The van der Waals surface area contributed by atoms with Gasteiger partial charge in [0.15, 0.2) is 0 Å². The first kappa shape index (κ1) is 30.1. The summed E-state index contributed by atoms with van der Waals surface area (Å²) in [5.41, 5.74) is 0.619. The number of likely N-dealkylation sites (tertiary alicyclic amines) is 1. The number of pyridine rings is 1. The van der Waals surface area contributed by atoms with Crippen LogP contribution in [0.4, 0.5) is 17.6 Å². The molecule has 3 aromatic rings. The van der Waals surface area contributed by atoms with Crippen LogP contribution >= 0.6 is 11.8 Å². The van der Waals surface area contributed by atoms with E-state index in [0.717, 1.165) is 54.1 Å². The van der Waals surface area contributed by atoms with Gasteiger partial charge in [-0.05, 0) is 110 Å². The van der Waals surface area contributed by atoms with Crippen LogP contribution < -0.4 is 4.74 Å². The van der Waals surface area contributed by atoms with Gasteiger partial charge in [-0.15, -0.1) is 11.8 Å². The first-order chi connectivity index (χ1) is 19.1. The second-order valence-corrected chi connectivity index (χ2v) is 11.4. The fourth-order valence-corrected chi connectivity index (χ4v) is 6.31. The maximum atomic E-state index is 15.5. The minimum Gasteiger partial charge on any atom is -0.497 e. The third-order valence-electron chi connectivity index (χ3n) is 7.59. The van der Waals surface area contributed by atoms with Gasteiger partial charge >= 0.3 is 12.1 Å². The zero-order valence-electron chi connectivity index (χ0n) is 22.4. The molecule has 0 aliphatic carbocycles. The van der Waals surface area contributed by atoms with Crippen molar-refractivity contribution in [1.82, 2.24) is 9.88 Å². The zero-order chi connectivity index (χ0) is 28.7. The standard InChI is InChI=1S/C30H34F4N2O3S/c1-39-23-6-10-28-26(18-23)25(11-13-35-28)27(31)9-3-20-12-15-36(19-21(20)17-29(37)38)14-2-16-40-24-7-4-22(5-8-24)30(32,33)34/h4-8,10-11,13,18,20-21,27H,2-3,9,12,14-17,19H2,1H3,(H,37,38)/t20-,21+,27-/m1/s1. The number of rotatable bonds is 12. The van der Waals surface area contributed by atoms with Crippen LogP contribution in [-0.4, -0.2) is 53.5 Å². The Morgan fingerprint density at radius 1 is 1.18 bits per heavy atom. The van der Waals surface area contributed by atoms with Crippen molar-refractivity contribution >= 4 is 28.6 Å². The monoisotopic (exact) mass is 578 g/mol. The lowest BCUT2D eigenvalue weighted by Crippen LogP contribution is -2.42. The Balaban J connectivity index is 1.28. The molecule has 1 fully saturated rings. The van der Waals surface area contributed by atoms with Crippen molar-refractivity contribution in [3.63, 3.8) is 0 Å². The van der Waals surface area contributed by atoms with Gasteiger partial charge in [0.2, 0.25) is 0 Å². The number of benzene rings is 2. The number of carbonyl (C=O) groups is 1. The molecule has 1 saturated heterocycles. The van der Waals surface area contributed by atoms with Crippen LogP contribution in [0.25, 0.3) is 10.9 Å². The molecule has 2 aromatic carbocycles. The highest BCUT2D eigenvalue weighted by atomic mass is 32.2. The van der Waals surface area contributed by atoms with Gasteiger partial charge in [-0.1, -0.05) is 0 Å². The van der Waals surface area contributed by atoms with E-state index in [1.54, 1.807) is 31.5 Å². The number of methoxy groups -OCH3 is 1. The number of carboxylic acid groups (broad SMARTS) is 1. The summed E-state index contributed by atoms with van der Waals surface area (Å²) in [7, 11) is 1.57. The second-order valence-electron chi connectivity index (χ2n) is 10.3. The van der Waals surface area contributed by atoms with Gasteiger partial charge in [-0.3, -0.25) is 9.78 Å². The maximum Gasteiger partial charge on any atom is 0.416 e. The van der Waals surface area contributed by atoms with Crippen LogP contribution in [0.5, 0.6) is 5.75 Å². The normalized spacial score (nSPS) is 19.0. The molecule has 1 aliphatic rings. The third-order valence-corrected chi connectivity index (χ3v) is 8.69. The summed E-state index contributed by atoms with van der Waals surface area (Å²) in [5.74, 6) is 0.604. The predicted octanol–water partition coefficient (Wildman–Crippen LogP) is 7.65. The Hall–Kier alpha value is -2.85. The SMILES string of the molecule is COc1ccc2nccc([C@H](F)CC[C@@H]3CCN(CCCSc4ccc(C(F)(F)F)cc4)C[C@@H]3CC(=O)O)c2c1. The predicted molar refractivity (Wildman–Crippen MR) is 148 cm³/mol. The summed E-state index contributed by atoms with van der Waals surface area (Å²) in [6.07, 6.45) is -1.32. The molecule has 0 unspecified atom stereocenters. The average molecular weight is 579 g/mol. The lowest BCUT2D eigenvalue weighted by Gasteiger charge is -2.38. The van der Waals surface area contributed by atoms with Crippen LogP contribution in [0.2, 0.25) is 0 Å². The molecule has 10 heteroatoms. The van der Waals surface area contributed by atoms with Crippen LogP contribution in [0.1, 0.15) is 49.4 Å². The summed E-state index contributed by atoms with van der Waals surface area (Å²) in [4.78, 5) is 19.0. The van der Waals surface area contributed by atoms with Gasteiger partial charge in [-0.2, -0.15) is 13.2 Å². The number of alkyl halides is 4. The molecule has 0 saturated carbocycles. The summed E-state index contributed by atoms with van der Waals surface area (Å²) < 4.78 is 59.0. The van der Waals surface area contributed by atoms with Gasteiger partial charge in [0.25, 0.3) is 0 Å². The van der Waals surface area contributed by atoms with E-state index in [-0.39, 0.29) is 18.3 Å². The lowest BCUT2D eigenvalue weighted by molar-refractivity contribution is -0.139. The van der Waals surface area contributed by atoms with Gasteiger partial charge in [0.1, 0.15) is 11.9 Å². The topological polar surface area (TPSA) is 62.7 Å². The van der Waals surface area contributed by atoms with E-state index in [9.17, 15) is 23.1 Å². The van der Waals surface area contributed by atoms with Crippen LogP contribution in [0.15, 0.2) is 59.6 Å². The minimum absolute atomic E-state index is 0.0494. The lowest BCUT2D eigenvalue weighted by atomic mass is 9.79. The highest BCUT2D eigenvalue weighted by molar-refractivity contribution is 7.99. The number of hydrogen-bond donors (Lipinski definition) is 1. The van der Waals surface area contributed by atoms with Gasteiger partial charge < -0.3 is 14.7 Å². The Bertz CT molecular complexity index is 1270. The van der Waals surface area contributed by atoms with E-state index in [1.807, 2.05) is 6.07 Å². The molecule has 4 rings (SSSR count). The molecular formula is C30H34F4N2O3S. The molecule has 0 bridgehead atoms. The Labute approximate surface area is 235 Å². The molecule has 0 spiro atoms. The molecule has 1 N–H and O–H groups in total. The number of piperidine rings is 1. The number of thioether (sulfide) groups is 1. The highest BCUT2D eigenvalue weighted by Gasteiger charge is 2.32.